The smallest absolute Gasteiger partial charge is 0.261 e. The SMILES string of the molecule is COc1cc2c(Oc3ccc(Nc4nn(C)cc4C(=O)Nc4ccc(F)cc4)cc3F)ccnc2cc1OCc1ccccc1. The van der Waals surface area contributed by atoms with Crippen LogP contribution in [0.15, 0.2) is 103 Å². The molecule has 1 amide bonds. The second kappa shape index (κ2) is 12.7. The van der Waals surface area contributed by atoms with Crippen molar-refractivity contribution in [3.63, 3.8) is 0 Å². The van der Waals surface area contributed by atoms with Gasteiger partial charge in [-0.05, 0) is 54.1 Å². The maximum absolute atomic E-state index is 15.3. The minimum Gasteiger partial charge on any atom is -0.493 e. The molecule has 0 aliphatic rings. The molecule has 9 nitrogen and oxygen atoms in total. The van der Waals surface area contributed by atoms with Gasteiger partial charge in [0.1, 0.15) is 23.7 Å². The van der Waals surface area contributed by atoms with Crippen LogP contribution in [0.1, 0.15) is 15.9 Å². The van der Waals surface area contributed by atoms with Crippen LogP contribution < -0.4 is 24.8 Å². The van der Waals surface area contributed by atoms with Gasteiger partial charge >= 0.3 is 0 Å². The molecule has 0 radical (unpaired) electrons. The lowest BCUT2D eigenvalue weighted by Crippen LogP contribution is -2.13. The molecule has 0 fully saturated rings. The molecule has 2 heterocycles. The van der Waals surface area contributed by atoms with E-state index in [0.29, 0.717) is 46.1 Å². The third-order valence-electron chi connectivity index (χ3n) is 6.81. The van der Waals surface area contributed by atoms with E-state index in [1.165, 1.54) is 54.4 Å². The summed E-state index contributed by atoms with van der Waals surface area (Å²) in [6.45, 7) is 0.351. The summed E-state index contributed by atoms with van der Waals surface area (Å²) in [6, 6.07) is 24.6. The van der Waals surface area contributed by atoms with E-state index in [4.69, 9.17) is 14.2 Å². The van der Waals surface area contributed by atoms with Gasteiger partial charge in [-0.15, -0.1) is 0 Å². The molecule has 0 spiro atoms. The fourth-order valence-corrected chi connectivity index (χ4v) is 4.62. The Hall–Kier alpha value is -5.97. The minimum atomic E-state index is -0.645. The average molecular weight is 608 g/mol. The number of halogens is 2. The van der Waals surface area contributed by atoms with Crippen LogP contribution >= 0.6 is 0 Å². The van der Waals surface area contributed by atoms with Crippen molar-refractivity contribution in [3.05, 3.63) is 126 Å². The van der Waals surface area contributed by atoms with Crippen molar-refractivity contribution >= 4 is 34.0 Å². The summed E-state index contributed by atoms with van der Waals surface area (Å²) in [7, 11) is 3.20. The van der Waals surface area contributed by atoms with Gasteiger partial charge in [0, 0.05) is 48.3 Å². The molecule has 6 aromatic rings. The van der Waals surface area contributed by atoms with Gasteiger partial charge in [-0.3, -0.25) is 14.5 Å². The number of methoxy groups -OCH3 is 1. The second-order valence-corrected chi connectivity index (χ2v) is 10.0. The van der Waals surface area contributed by atoms with Gasteiger partial charge in [0.25, 0.3) is 5.91 Å². The molecule has 0 unspecified atom stereocenters. The number of fused-ring (bicyclic) bond motifs is 1. The molecule has 0 saturated heterocycles. The second-order valence-electron chi connectivity index (χ2n) is 10.0. The monoisotopic (exact) mass is 607 g/mol. The molecule has 4 aromatic carbocycles. The maximum atomic E-state index is 15.3. The average Bonchev–Trinajstić information content (AvgIpc) is 3.42. The number of rotatable bonds is 10. The first kappa shape index (κ1) is 29.1. The molecule has 6 rings (SSSR count). The van der Waals surface area contributed by atoms with Crippen LogP contribution in [0.5, 0.6) is 23.0 Å². The first-order chi connectivity index (χ1) is 21.9. The number of anilines is 3. The number of benzene rings is 4. The molecule has 11 heteroatoms. The number of aromatic nitrogens is 3. The van der Waals surface area contributed by atoms with Crippen LogP contribution in [0.25, 0.3) is 10.9 Å². The van der Waals surface area contributed by atoms with Crippen molar-refractivity contribution in [3.8, 4) is 23.0 Å². The van der Waals surface area contributed by atoms with Crippen LogP contribution in [0.2, 0.25) is 0 Å². The quantitative estimate of drug-likeness (QED) is 0.165. The molecule has 226 valence electrons. The molecule has 0 bridgehead atoms. The highest BCUT2D eigenvalue weighted by atomic mass is 19.1. The topological polar surface area (TPSA) is 99.5 Å². The number of hydrogen-bond donors (Lipinski definition) is 2. The lowest BCUT2D eigenvalue weighted by molar-refractivity contribution is 0.102. The highest BCUT2D eigenvalue weighted by Gasteiger charge is 2.18. The Morgan fingerprint density at radius 3 is 2.40 bits per heavy atom. The van der Waals surface area contributed by atoms with Crippen LogP contribution in [0, 0.1) is 11.6 Å². The van der Waals surface area contributed by atoms with Crippen molar-refractivity contribution in [2.75, 3.05) is 17.7 Å². The van der Waals surface area contributed by atoms with Crippen molar-refractivity contribution in [1.29, 1.82) is 0 Å². The van der Waals surface area contributed by atoms with Gasteiger partial charge in [-0.25, -0.2) is 8.78 Å². The van der Waals surface area contributed by atoms with E-state index in [-0.39, 0.29) is 17.1 Å². The number of amides is 1. The van der Waals surface area contributed by atoms with Crippen molar-refractivity contribution in [2.45, 2.75) is 6.61 Å². The highest BCUT2D eigenvalue weighted by molar-refractivity contribution is 6.07. The molecule has 0 atom stereocenters. The number of carbonyl (C=O) groups excluding carboxylic acids is 1. The molecule has 2 N–H and O–H groups in total. The number of nitrogens with one attached hydrogen (secondary N) is 2. The van der Waals surface area contributed by atoms with E-state index in [1.807, 2.05) is 30.3 Å². The van der Waals surface area contributed by atoms with E-state index in [2.05, 4.69) is 20.7 Å². The van der Waals surface area contributed by atoms with E-state index < -0.39 is 17.5 Å². The zero-order valence-corrected chi connectivity index (χ0v) is 24.3. The molecular weight excluding hydrogens is 580 g/mol. The number of aryl methyl sites for hydroxylation is 1. The predicted molar refractivity (Wildman–Crippen MR) is 166 cm³/mol. The van der Waals surface area contributed by atoms with E-state index in [1.54, 1.807) is 37.5 Å². The summed E-state index contributed by atoms with van der Waals surface area (Å²) in [5, 5.41) is 10.6. The van der Waals surface area contributed by atoms with Gasteiger partial charge in [-0.1, -0.05) is 30.3 Å². The zero-order valence-electron chi connectivity index (χ0n) is 24.3. The first-order valence-corrected chi connectivity index (χ1v) is 13.8. The normalized spacial score (nSPS) is 10.8. The third kappa shape index (κ3) is 6.67. The molecule has 0 aliphatic heterocycles. The fourth-order valence-electron chi connectivity index (χ4n) is 4.62. The summed E-state index contributed by atoms with van der Waals surface area (Å²) in [4.78, 5) is 17.3. The van der Waals surface area contributed by atoms with Crippen LogP contribution in [-0.4, -0.2) is 27.8 Å². The standard InChI is InChI=1S/C34H27F2N5O4/c1-41-19-26(34(42)39-23-10-8-22(35)9-11-23)33(40-41)38-24-12-13-30(27(36)16-24)45-29-14-15-37-28-18-32(31(43-2)17-25(28)29)44-20-21-6-4-3-5-7-21/h3-19H,20H2,1-2H3,(H,38,40)(H,39,42). The minimum absolute atomic E-state index is 0.0216. The summed E-state index contributed by atoms with van der Waals surface area (Å²) in [5.41, 5.74) is 2.56. The van der Waals surface area contributed by atoms with Crippen LogP contribution in [0.4, 0.5) is 26.0 Å². The third-order valence-corrected chi connectivity index (χ3v) is 6.81. The summed E-state index contributed by atoms with van der Waals surface area (Å²) in [6.07, 6.45) is 3.09. The largest absolute Gasteiger partial charge is 0.493 e. The molecule has 0 aliphatic carbocycles. The van der Waals surface area contributed by atoms with Gasteiger partial charge in [0.15, 0.2) is 28.9 Å². The molecule has 0 saturated carbocycles. The van der Waals surface area contributed by atoms with Crippen LogP contribution in [-0.2, 0) is 13.7 Å². The van der Waals surface area contributed by atoms with E-state index in [9.17, 15) is 9.18 Å². The summed E-state index contributed by atoms with van der Waals surface area (Å²) >= 11 is 0. The van der Waals surface area contributed by atoms with Gasteiger partial charge in [0.2, 0.25) is 0 Å². The Kier molecular flexibility index (Phi) is 8.23. The lowest BCUT2D eigenvalue weighted by Gasteiger charge is -2.14. The van der Waals surface area contributed by atoms with Gasteiger partial charge in [0.05, 0.1) is 12.6 Å². The molecule has 2 aromatic heterocycles. The van der Waals surface area contributed by atoms with Crippen LogP contribution in [0.3, 0.4) is 0 Å². The highest BCUT2D eigenvalue weighted by Crippen LogP contribution is 2.38. The maximum Gasteiger partial charge on any atom is 0.261 e. The van der Waals surface area contributed by atoms with Gasteiger partial charge < -0.3 is 24.8 Å². The van der Waals surface area contributed by atoms with E-state index >= 15 is 4.39 Å². The van der Waals surface area contributed by atoms with Gasteiger partial charge in [-0.2, -0.15) is 5.10 Å². The Balaban J connectivity index is 1.19. The molecular formula is C34H27F2N5O4. The lowest BCUT2D eigenvalue weighted by atomic mass is 10.1. The summed E-state index contributed by atoms with van der Waals surface area (Å²) in [5.74, 6) is 0.0261. The fraction of sp³-hybridized carbons (Fsp3) is 0.0882. The van der Waals surface area contributed by atoms with Crippen molar-refractivity contribution in [2.24, 2.45) is 7.05 Å². The molecule has 45 heavy (non-hydrogen) atoms. The summed E-state index contributed by atoms with van der Waals surface area (Å²) < 4.78 is 47.6. The number of pyridine rings is 1. The van der Waals surface area contributed by atoms with Crippen molar-refractivity contribution < 1.29 is 27.8 Å². The Morgan fingerprint density at radius 2 is 1.64 bits per heavy atom. The Bertz CT molecular complexity index is 1980. The number of nitrogens with zero attached hydrogens (tertiary/aromatic N) is 3. The predicted octanol–water partition coefficient (Wildman–Crippen LogP) is 7.62. The Labute approximate surface area is 257 Å². The number of hydrogen-bond acceptors (Lipinski definition) is 7. The number of carbonyl (C=O) groups is 1. The zero-order chi connectivity index (χ0) is 31.3. The number of ether oxygens (including phenoxy) is 3. The van der Waals surface area contributed by atoms with E-state index in [0.717, 1.165) is 5.56 Å². The van der Waals surface area contributed by atoms with Crippen molar-refractivity contribution in [1.82, 2.24) is 14.8 Å². The Morgan fingerprint density at radius 1 is 0.867 bits per heavy atom. The first-order valence-electron chi connectivity index (χ1n) is 13.8.